The van der Waals surface area contributed by atoms with Gasteiger partial charge in [0.1, 0.15) is 23.7 Å². The highest BCUT2D eigenvalue weighted by atomic mass is 32.2. The summed E-state index contributed by atoms with van der Waals surface area (Å²) in [7, 11) is -4.06. The second-order valence-corrected chi connectivity index (χ2v) is 20.9. The summed E-state index contributed by atoms with van der Waals surface area (Å²) in [6.45, 7) is 10.6. The van der Waals surface area contributed by atoms with Crippen molar-refractivity contribution in [1.82, 2.24) is 25.2 Å². The quantitative estimate of drug-likeness (QED) is 0.266. The van der Waals surface area contributed by atoms with Crippen molar-refractivity contribution in [3.63, 3.8) is 0 Å². The molecule has 1 aromatic heterocycles. The number of fused-ring (bicyclic) bond motifs is 3. The van der Waals surface area contributed by atoms with Gasteiger partial charge in [-0.3, -0.25) is 19.1 Å². The molecular formula is C44H60F2N6O9S. The van der Waals surface area contributed by atoms with E-state index in [1.807, 2.05) is 50.3 Å². The molecule has 3 aliphatic heterocycles. The van der Waals surface area contributed by atoms with Gasteiger partial charge in [0, 0.05) is 43.1 Å². The molecule has 2 aliphatic carbocycles. The Morgan fingerprint density at radius 1 is 1.08 bits per heavy atom. The molecule has 4 amide bonds. The Hall–Kier alpha value is -4.58. The Labute approximate surface area is 362 Å². The van der Waals surface area contributed by atoms with E-state index in [0.29, 0.717) is 77.1 Å². The third-order valence-corrected chi connectivity index (χ3v) is 15.8. The number of benzene rings is 1. The summed E-state index contributed by atoms with van der Waals surface area (Å²) in [5.41, 5.74) is -2.92. The highest BCUT2D eigenvalue weighted by Gasteiger charge is 2.63. The maximum Gasteiger partial charge on any atom is 0.408 e. The van der Waals surface area contributed by atoms with E-state index in [0.717, 1.165) is 24.9 Å². The summed E-state index contributed by atoms with van der Waals surface area (Å²) < 4.78 is 74.2. The lowest BCUT2D eigenvalue weighted by molar-refractivity contribution is -0.152. The van der Waals surface area contributed by atoms with Crippen LogP contribution in [0.4, 0.5) is 19.3 Å². The number of nitrogens with zero attached hydrogens (tertiary/aromatic N) is 3. The number of alkyl halides is 2. The number of anilines is 1. The van der Waals surface area contributed by atoms with Crippen LogP contribution in [0.25, 0.3) is 10.8 Å². The summed E-state index contributed by atoms with van der Waals surface area (Å²) in [5.74, 6) is -6.34. The fourth-order valence-electron chi connectivity index (χ4n) is 8.75. The Kier molecular flexibility index (Phi) is 12.6. The third-order valence-electron chi connectivity index (χ3n) is 13.7. The van der Waals surface area contributed by atoms with E-state index in [2.05, 4.69) is 20.3 Å². The van der Waals surface area contributed by atoms with E-state index >= 15 is 4.79 Å². The summed E-state index contributed by atoms with van der Waals surface area (Å²) in [4.78, 5) is 65.6. The van der Waals surface area contributed by atoms with E-state index in [-0.39, 0.29) is 31.2 Å². The maximum absolute atomic E-state index is 15.1. The Bertz CT molecular complexity index is 2190. The van der Waals surface area contributed by atoms with Gasteiger partial charge < -0.3 is 34.6 Å². The van der Waals surface area contributed by atoms with Gasteiger partial charge in [0.05, 0.1) is 36.4 Å². The minimum atomic E-state index is -4.06. The molecule has 18 heteroatoms. The van der Waals surface area contributed by atoms with Crippen LogP contribution >= 0.6 is 0 Å². The Morgan fingerprint density at radius 2 is 1.77 bits per heavy atom. The molecule has 7 atom stereocenters. The summed E-state index contributed by atoms with van der Waals surface area (Å²) in [6, 6.07) is 5.08. The van der Waals surface area contributed by atoms with Crippen LogP contribution in [0.1, 0.15) is 92.9 Å². The van der Waals surface area contributed by atoms with Crippen molar-refractivity contribution in [2.24, 2.45) is 17.8 Å². The summed E-state index contributed by atoms with van der Waals surface area (Å²) in [5, 5.41) is 7.10. The standard InChI is InChI=1S/C44H60F2N6O9S/c1-7-28-22-27(2)12-8-9-13-29-24-44(29,39(55)50-62(57,58)42(5)16-17-42)49-36(53)33-23-30(26-52(33)38(54)35(28)48-40(56)61-41(3,4)43(6,45)46)60-37-32-15-11-10-14-31(32)34(25-47-37)51-18-20-59-21-19-51/h9-11,13-15,25,27-30,33,35H,7-8,12,16-24,26H2,1-6H3,(H,48,56)(H,49,53)(H,50,55)/b13-9-/t27-,28-,29-,30-,33+,35+,44-/m1/s1. The van der Waals surface area contributed by atoms with Gasteiger partial charge in [-0.15, -0.1) is 0 Å². The average Bonchev–Trinajstić information content (AvgIpc) is 4.10. The zero-order valence-electron chi connectivity index (χ0n) is 36.4. The van der Waals surface area contributed by atoms with Crippen molar-refractivity contribution < 1.29 is 50.6 Å². The number of allylic oxidation sites excluding steroid dienone is 1. The van der Waals surface area contributed by atoms with Crippen molar-refractivity contribution in [1.29, 1.82) is 0 Å². The monoisotopic (exact) mass is 886 g/mol. The molecule has 15 nitrogen and oxygen atoms in total. The third kappa shape index (κ3) is 9.22. The molecule has 2 saturated carbocycles. The molecule has 4 fully saturated rings. The van der Waals surface area contributed by atoms with Gasteiger partial charge in [-0.2, -0.15) is 0 Å². The first-order valence-corrected chi connectivity index (χ1v) is 23.3. The SMILES string of the molecule is CC[C@@H]1C[C@H](C)CC/C=C\[C@@H]2C[C@@]2(C(=O)NS(=O)(=O)C2(C)CC2)NC(=O)[C@@H]2C[C@@H](Oc3ncc(N4CCOCC4)c4ccccc34)CN2C(=O)[C@H]1NC(=O)OC(C)(C)C(C)(F)F. The number of nitrogens with one attached hydrogen (secondary N) is 3. The zero-order valence-corrected chi connectivity index (χ0v) is 37.2. The molecule has 5 aliphatic rings. The minimum Gasteiger partial charge on any atom is -0.472 e. The largest absolute Gasteiger partial charge is 0.472 e. The first-order chi connectivity index (χ1) is 29.2. The van der Waals surface area contributed by atoms with Crippen LogP contribution in [0, 0.1) is 17.8 Å². The number of amides is 4. The molecule has 2 aromatic rings. The van der Waals surface area contributed by atoms with Crippen molar-refractivity contribution in [2.45, 2.75) is 133 Å². The molecular weight excluding hydrogens is 827 g/mol. The molecule has 62 heavy (non-hydrogen) atoms. The van der Waals surface area contributed by atoms with Crippen molar-refractivity contribution in [3.8, 4) is 5.88 Å². The van der Waals surface area contributed by atoms with E-state index in [1.54, 1.807) is 13.1 Å². The maximum atomic E-state index is 15.1. The molecule has 0 spiro atoms. The molecule has 0 bridgehead atoms. The van der Waals surface area contributed by atoms with Crippen LogP contribution in [-0.4, -0.2) is 115 Å². The van der Waals surface area contributed by atoms with Crippen LogP contribution < -0.4 is 25.0 Å². The number of halogens is 2. The van der Waals surface area contributed by atoms with Crippen molar-refractivity contribution >= 4 is 50.3 Å². The summed E-state index contributed by atoms with van der Waals surface area (Å²) in [6.07, 6.45) is 6.50. The topological polar surface area (TPSA) is 186 Å². The first-order valence-electron chi connectivity index (χ1n) is 21.8. The van der Waals surface area contributed by atoms with Crippen LogP contribution in [-0.2, 0) is 33.9 Å². The number of morpholine rings is 1. The van der Waals surface area contributed by atoms with Gasteiger partial charge in [0.2, 0.25) is 27.7 Å². The van der Waals surface area contributed by atoms with Gasteiger partial charge in [0.25, 0.3) is 11.8 Å². The normalized spacial score (nSPS) is 29.9. The Morgan fingerprint density at radius 3 is 2.44 bits per heavy atom. The number of pyridine rings is 1. The first kappa shape index (κ1) is 45.4. The number of alkyl carbamates (subject to hydrolysis) is 1. The van der Waals surface area contributed by atoms with Gasteiger partial charge in [-0.1, -0.05) is 50.6 Å². The van der Waals surface area contributed by atoms with Crippen molar-refractivity contribution in [3.05, 3.63) is 42.6 Å². The Balaban J connectivity index is 1.24. The fraction of sp³-hybridized carbons (Fsp3) is 0.659. The molecule has 0 unspecified atom stereocenters. The van der Waals surface area contributed by atoms with Gasteiger partial charge >= 0.3 is 6.09 Å². The van der Waals surface area contributed by atoms with E-state index < -0.39 is 85.7 Å². The number of hydrogen-bond acceptors (Lipinski definition) is 11. The van der Waals surface area contributed by atoms with Crippen LogP contribution in [0.2, 0.25) is 0 Å². The number of aromatic nitrogens is 1. The van der Waals surface area contributed by atoms with E-state index in [1.165, 1.54) is 4.90 Å². The van der Waals surface area contributed by atoms with Gasteiger partial charge in [-0.25, -0.2) is 27.0 Å². The molecule has 3 N–H and O–H groups in total. The second-order valence-electron chi connectivity index (χ2n) is 18.7. The summed E-state index contributed by atoms with van der Waals surface area (Å²) >= 11 is 0. The van der Waals surface area contributed by atoms with Crippen LogP contribution in [0.3, 0.4) is 0 Å². The molecule has 0 radical (unpaired) electrons. The highest BCUT2D eigenvalue weighted by Crippen LogP contribution is 2.48. The average molecular weight is 887 g/mol. The molecule has 340 valence electrons. The molecule has 7 rings (SSSR count). The van der Waals surface area contributed by atoms with E-state index in [9.17, 15) is 31.6 Å². The number of hydrogen-bond donors (Lipinski definition) is 3. The molecule has 2 saturated heterocycles. The van der Waals surface area contributed by atoms with Gasteiger partial charge in [0.15, 0.2) is 5.60 Å². The van der Waals surface area contributed by atoms with Crippen molar-refractivity contribution in [2.75, 3.05) is 37.7 Å². The van der Waals surface area contributed by atoms with Crippen LogP contribution in [0.5, 0.6) is 5.88 Å². The highest BCUT2D eigenvalue weighted by molar-refractivity contribution is 7.91. The van der Waals surface area contributed by atoms with Gasteiger partial charge in [-0.05, 0) is 77.2 Å². The minimum absolute atomic E-state index is 0.0287. The molecule has 4 heterocycles. The lowest BCUT2D eigenvalue weighted by Crippen LogP contribution is -2.60. The smallest absolute Gasteiger partial charge is 0.408 e. The fourth-order valence-corrected chi connectivity index (χ4v) is 10.1. The number of ether oxygens (including phenoxy) is 3. The number of sulfonamides is 1. The number of carbonyl (C=O) groups excluding carboxylic acids is 4. The number of rotatable bonds is 10. The predicted octanol–water partition coefficient (Wildman–Crippen LogP) is 5.22. The van der Waals surface area contributed by atoms with E-state index in [4.69, 9.17) is 19.2 Å². The number of carbonyl (C=O) groups is 4. The lowest BCUT2D eigenvalue weighted by Gasteiger charge is -2.35. The van der Waals surface area contributed by atoms with Crippen LogP contribution in [0.15, 0.2) is 42.6 Å². The molecule has 1 aromatic carbocycles. The second kappa shape index (κ2) is 17.2. The zero-order chi connectivity index (χ0) is 44.8. The predicted molar refractivity (Wildman–Crippen MR) is 227 cm³/mol. The lowest BCUT2D eigenvalue weighted by atomic mass is 9.85.